The van der Waals surface area contributed by atoms with Gasteiger partial charge in [-0.25, -0.2) is 0 Å². The zero-order valence-electron chi connectivity index (χ0n) is 10.2. The Morgan fingerprint density at radius 2 is 2.00 bits per heavy atom. The average Bonchev–Trinajstić information content (AvgIpc) is 2.20. The number of rotatable bonds is 2. The molecule has 3 unspecified atom stereocenters. The van der Waals surface area contributed by atoms with Gasteiger partial charge in [0, 0.05) is 12.6 Å². The summed E-state index contributed by atoms with van der Waals surface area (Å²) in [5.74, 6) is 1.26. The zero-order chi connectivity index (χ0) is 11.6. The standard InChI is InChI=1S/C12H22BrNO/c1-8(2)11(13)12(15)14-7-5-6-9(3)10(14)4/h8-11H,5-7H2,1-4H3. The lowest BCUT2D eigenvalue weighted by Crippen LogP contribution is -2.49. The van der Waals surface area contributed by atoms with E-state index in [1.54, 1.807) is 0 Å². The highest BCUT2D eigenvalue weighted by molar-refractivity contribution is 9.10. The molecular weight excluding hydrogens is 254 g/mol. The summed E-state index contributed by atoms with van der Waals surface area (Å²) in [5, 5.41) is 0. The van der Waals surface area contributed by atoms with Crippen LogP contribution in [0.4, 0.5) is 0 Å². The van der Waals surface area contributed by atoms with Crippen LogP contribution in [-0.2, 0) is 4.79 Å². The van der Waals surface area contributed by atoms with Crippen LogP contribution in [0.1, 0.15) is 40.5 Å². The number of carbonyl (C=O) groups is 1. The second-order valence-corrected chi connectivity index (χ2v) is 6.02. The van der Waals surface area contributed by atoms with Crippen molar-refractivity contribution in [2.24, 2.45) is 11.8 Å². The molecule has 1 rings (SSSR count). The maximum atomic E-state index is 12.2. The average molecular weight is 276 g/mol. The summed E-state index contributed by atoms with van der Waals surface area (Å²) >= 11 is 3.50. The molecule has 0 saturated carbocycles. The largest absolute Gasteiger partial charge is 0.339 e. The van der Waals surface area contributed by atoms with Crippen molar-refractivity contribution >= 4 is 21.8 Å². The minimum atomic E-state index is -0.0229. The lowest BCUT2D eigenvalue weighted by molar-refractivity contribution is -0.135. The van der Waals surface area contributed by atoms with E-state index < -0.39 is 0 Å². The molecule has 0 spiro atoms. The van der Waals surface area contributed by atoms with Crippen LogP contribution in [0.5, 0.6) is 0 Å². The van der Waals surface area contributed by atoms with Crippen molar-refractivity contribution < 1.29 is 4.79 Å². The number of hydrogen-bond acceptors (Lipinski definition) is 1. The molecule has 0 aromatic carbocycles. The normalized spacial score (nSPS) is 29.3. The highest BCUT2D eigenvalue weighted by Gasteiger charge is 2.32. The van der Waals surface area contributed by atoms with Gasteiger partial charge in [0.1, 0.15) is 0 Å². The first kappa shape index (κ1) is 13.0. The number of hydrogen-bond donors (Lipinski definition) is 0. The first-order valence-electron chi connectivity index (χ1n) is 5.89. The van der Waals surface area contributed by atoms with Crippen LogP contribution in [0.3, 0.4) is 0 Å². The fourth-order valence-corrected chi connectivity index (χ4v) is 2.35. The summed E-state index contributed by atoms with van der Waals surface area (Å²) in [4.78, 5) is 14.2. The maximum absolute atomic E-state index is 12.2. The third-order valence-electron chi connectivity index (χ3n) is 3.48. The van der Waals surface area contributed by atoms with Gasteiger partial charge in [-0.2, -0.15) is 0 Å². The van der Waals surface area contributed by atoms with E-state index in [2.05, 4.69) is 43.6 Å². The van der Waals surface area contributed by atoms with E-state index in [0.717, 1.165) is 13.0 Å². The predicted octanol–water partition coefficient (Wildman–Crippen LogP) is 3.05. The Labute approximate surface area is 102 Å². The number of nitrogens with zero attached hydrogens (tertiary/aromatic N) is 1. The van der Waals surface area contributed by atoms with E-state index in [0.29, 0.717) is 17.9 Å². The molecule has 3 heteroatoms. The number of alkyl halides is 1. The zero-order valence-corrected chi connectivity index (χ0v) is 11.8. The summed E-state index contributed by atoms with van der Waals surface area (Å²) in [6, 6.07) is 0.394. The van der Waals surface area contributed by atoms with Gasteiger partial charge in [0.25, 0.3) is 0 Å². The van der Waals surface area contributed by atoms with Crippen molar-refractivity contribution in [1.29, 1.82) is 0 Å². The van der Waals surface area contributed by atoms with E-state index in [9.17, 15) is 4.79 Å². The Bertz CT molecular complexity index is 230. The molecule has 1 aliphatic heterocycles. The SMILES string of the molecule is CC(C)C(Br)C(=O)N1CCCC(C)C1C. The van der Waals surface area contributed by atoms with Crippen LogP contribution < -0.4 is 0 Å². The molecule has 1 saturated heterocycles. The fourth-order valence-electron chi connectivity index (χ4n) is 2.09. The van der Waals surface area contributed by atoms with Crippen LogP contribution in [-0.4, -0.2) is 28.2 Å². The molecule has 0 aromatic heterocycles. The van der Waals surface area contributed by atoms with E-state index in [-0.39, 0.29) is 10.7 Å². The number of amides is 1. The lowest BCUT2D eigenvalue weighted by atomic mass is 9.91. The van der Waals surface area contributed by atoms with Crippen molar-refractivity contribution in [1.82, 2.24) is 4.90 Å². The number of carbonyl (C=O) groups excluding carboxylic acids is 1. The molecule has 2 nitrogen and oxygen atoms in total. The first-order chi connectivity index (χ1) is 6.95. The molecular formula is C12H22BrNO. The van der Waals surface area contributed by atoms with E-state index in [4.69, 9.17) is 0 Å². The van der Waals surface area contributed by atoms with Gasteiger partial charge >= 0.3 is 0 Å². The Morgan fingerprint density at radius 1 is 1.40 bits per heavy atom. The van der Waals surface area contributed by atoms with Crippen molar-refractivity contribution in [3.63, 3.8) is 0 Å². The molecule has 0 aromatic rings. The molecule has 3 atom stereocenters. The van der Waals surface area contributed by atoms with Crippen molar-refractivity contribution in [3.05, 3.63) is 0 Å². The molecule has 1 amide bonds. The van der Waals surface area contributed by atoms with Gasteiger partial charge < -0.3 is 4.90 Å². The minimum absolute atomic E-state index is 0.0229. The molecule has 1 heterocycles. The van der Waals surface area contributed by atoms with Gasteiger partial charge in [0.15, 0.2) is 0 Å². The lowest BCUT2D eigenvalue weighted by Gasteiger charge is -2.39. The van der Waals surface area contributed by atoms with Crippen molar-refractivity contribution in [2.75, 3.05) is 6.54 Å². The third kappa shape index (κ3) is 2.96. The van der Waals surface area contributed by atoms with Crippen LogP contribution in [0.2, 0.25) is 0 Å². The van der Waals surface area contributed by atoms with Crippen LogP contribution in [0, 0.1) is 11.8 Å². The van der Waals surface area contributed by atoms with Gasteiger partial charge in [0.2, 0.25) is 5.91 Å². The third-order valence-corrected chi connectivity index (χ3v) is 4.93. The summed E-state index contributed by atoms with van der Waals surface area (Å²) in [5.41, 5.74) is 0. The molecule has 1 aliphatic rings. The van der Waals surface area contributed by atoms with Crippen LogP contribution in [0.15, 0.2) is 0 Å². The summed E-state index contributed by atoms with van der Waals surface area (Å²) < 4.78 is 0. The predicted molar refractivity (Wildman–Crippen MR) is 67.1 cm³/mol. The second-order valence-electron chi connectivity index (χ2n) is 5.04. The maximum Gasteiger partial charge on any atom is 0.236 e. The molecule has 15 heavy (non-hydrogen) atoms. The summed E-state index contributed by atoms with van der Waals surface area (Å²) in [7, 11) is 0. The Hall–Kier alpha value is -0.0500. The Kier molecular flexibility index (Phi) is 4.63. The number of halogens is 1. The monoisotopic (exact) mass is 275 g/mol. The topological polar surface area (TPSA) is 20.3 Å². The van der Waals surface area contributed by atoms with Gasteiger partial charge in [-0.1, -0.05) is 36.7 Å². The van der Waals surface area contributed by atoms with Gasteiger partial charge in [-0.05, 0) is 31.6 Å². The Balaban J connectivity index is 2.66. The van der Waals surface area contributed by atoms with E-state index >= 15 is 0 Å². The van der Waals surface area contributed by atoms with E-state index in [1.165, 1.54) is 6.42 Å². The number of likely N-dealkylation sites (tertiary alicyclic amines) is 1. The summed E-state index contributed by atoms with van der Waals surface area (Å²) in [6.45, 7) is 9.49. The van der Waals surface area contributed by atoms with E-state index in [1.807, 2.05) is 4.90 Å². The minimum Gasteiger partial charge on any atom is -0.339 e. The van der Waals surface area contributed by atoms with Gasteiger partial charge in [-0.15, -0.1) is 0 Å². The van der Waals surface area contributed by atoms with Crippen LogP contribution >= 0.6 is 15.9 Å². The number of piperidine rings is 1. The molecule has 88 valence electrons. The Morgan fingerprint density at radius 3 is 2.53 bits per heavy atom. The van der Waals surface area contributed by atoms with Crippen molar-refractivity contribution in [2.45, 2.75) is 51.4 Å². The molecule has 0 aliphatic carbocycles. The fraction of sp³-hybridized carbons (Fsp3) is 0.917. The molecule has 0 radical (unpaired) electrons. The molecule has 0 N–H and O–H groups in total. The van der Waals surface area contributed by atoms with Gasteiger partial charge in [-0.3, -0.25) is 4.79 Å². The van der Waals surface area contributed by atoms with Crippen molar-refractivity contribution in [3.8, 4) is 0 Å². The summed E-state index contributed by atoms with van der Waals surface area (Å²) in [6.07, 6.45) is 2.40. The highest BCUT2D eigenvalue weighted by Crippen LogP contribution is 2.26. The smallest absolute Gasteiger partial charge is 0.236 e. The molecule has 1 fully saturated rings. The van der Waals surface area contributed by atoms with Gasteiger partial charge in [0.05, 0.1) is 4.83 Å². The molecule has 0 bridgehead atoms. The van der Waals surface area contributed by atoms with Crippen LogP contribution in [0.25, 0.3) is 0 Å². The highest BCUT2D eigenvalue weighted by atomic mass is 79.9. The second kappa shape index (κ2) is 5.33. The quantitative estimate of drug-likeness (QED) is 0.710. The first-order valence-corrected chi connectivity index (χ1v) is 6.81.